The molecule has 2 heterocycles. The summed E-state index contributed by atoms with van der Waals surface area (Å²) in [5, 5.41) is 2.83. The molecule has 2 aromatic carbocycles. The lowest BCUT2D eigenvalue weighted by atomic mass is 10.2. The van der Waals surface area contributed by atoms with Crippen LogP contribution in [0.2, 0.25) is 0 Å². The number of pyridine rings is 1. The highest BCUT2D eigenvalue weighted by Gasteiger charge is 2.23. The van der Waals surface area contributed by atoms with Crippen LogP contribution in [0.25, 0.3) is 0 Å². The van der Waals surface area contributed by atoms with Crippen LogP contribution in [0.15, 0.2) is 72.9 Å². The Morgan fingerprint density at radius 2 is 1.77 bits per heavy atom. The van der Waals surface area contributed by atoms with Gasteiger partial charge in [0, 0.05) is 12.7 Å². The molecule has 3 aromatic rings. The van der Waals surface area contributed by atoms with Gasteiger partial charge in [0.05, 0.1) is 19.7 Å². The monoisotopic (exact) mass is 475 g/mol. The predicted octanol–water partition coefficient (Wildman–Crippen LogP) is 4.07. The van der Waals surface area contributed by atoms with E-state index in [4.69, 9.17) is 14.2 Å². The van der Waals surface area contributed by atoms with Crippen LogP contribution in [0.5, 0.6) is 23.1 Å². The number of rotatable bonds is 6. The van der Waals surface area contributed by atoms with Crippen LogP contribution < -0.4 is 19.5 Å². The van der Waals surface area contributed by atoms with Gasteiger partial charge in [-0.05, 0) is 55.7 Å². The van der Waals surface area contributed by atoms with Gasteiger partial charge < -0.3 is 24.4 Å². The predicted molar refractivity (Wildman–Crippen MR) is 131 cm³/mol. The SMILES string of the molecule is O=C(CN1CCCCCOc2ccccc2Oc2ncccc2C1=O)NCCOc1ccccc1. The van der Waals surface area contributed by atoms with Crippen molar-refractivity contribution in [2.75, 3.05) is 32.8 Å². The maximum atomic E-state index is 13.5. The molecule has 1 N–H and O–H groups in total. The van der Waals surface area contributed by atoms with Gasteiger partial charge in [-0.15, -0.1) is 0 Å². The number of hydrogen-bond donors (Lipinski definition) is 1. The number of nitrogens with one attached hydrogen (secondary N) is 1. The Hall–Kier alpha value is -4.07. The van der Waals surface area contributed by atoms with E-state index in [0.29, 0.717) is 43.4 Å². The summed E-state index contributed by atoms with van der Waals surface area (Å²) < 4.78 is 17.5. The number of para-hydroxylation sites is 3. The van der Waals surface area contributed by atoms with Gasteiger partial charge in [-0.1, -0.05) is 30.3 Å². The average Bonchev–Trinajstić information content (AvgIpc) is 2.90. The second kappa shape index (κ2) is 12.4. The standard InChI is InChI=1S/C27H29N3O5/c31-25(28-16-19-33-21-10-3-1-4-11-21)20-30-17-7-2-8-18-34-23-13-5-6-14-24(23)35-26-22(27(30)32)12-9-15-29-26/h1,3-6,9-15H,2,7-8,16-20H2,(H,28,31). The van der Waals surface area contributed by atoms with Crippen molar-refractivity contribution < 1.29 is 23.8 Å². The molecule has 8 heteroatoms. The molecule has 1 aliphatic rings. The Balaban J connectivity index is 1.43. The van der Waals surface area contributed by atoms with E-state index < -0.39 is 0 Å². The topological polar surface area (TPSA) is 90.0 Å². The van der Waals surface area contributed by atoms with E-state index in [1.54, 1.807) is 29.3 Å². The zero-order valence-electron chi connectivity index (χ0n) is 19.5. The number of nitrogens with zero attached hydrogens (tertiary/aromatic N) is 2. The summed E-state index contributed by atoms with van der Waals surface area (Å²) in [5.74, 6) is 1.45. The number of carbonyl (C=O) groups is 2. The lowest BCUT2D eigenvalue weighted by molar-refractivity contribution is -0.121. The van der Waals surface area contributed by atoms with E-state index >= 15 is 0 Å². The largest absolute Gasteiger partial charge is 0.492 e. The van der Waals surface area contributed by atoms with Gasteiger partial charge in [0.25, 0.3) is 5.91 Å². The minimum Gasteiger partial charge on any atom is -0.492 e. The van der Waals surface area contributed by atoms with Crippen LogP contribution >= 0.6 is 0 Å². The van der Waals surface area contributed by atoms with Crippen molar-refractivity contribution in [1.82, 2.24) is 15.2 Å². The minimum atomic E-state index is -0.304. The van der Waals surface area contributed by atoms with Crippen LogP contribution in [-0.4, -0.2) is 54.5 Å². The lowest BCUT2D eigenvalue weighted by Gasteiger charge is -2.23. The summed E-state index contributed by atoms with van der Waals surface area (Å²) in [4.78, 5) is 31.9. The van der Waals surface area contributed by atoms with Gasteiger partial charge in [-0.25, -0.2) is 4.98 Å². The fourth-order valence-corrected chi connectivity index (χ4v) is 3.68. The normalized spacial score (nSPS) is 14.1. The van der Waals surface area contributed by atoms with Crippen molar-refractivity contribution in [1.29, 1.82) is 0 Å². The smallest absolute Gasteiger partial charge is 0.259 e. The zero-order chi connectivity index (χ0) is 24.3. The zero-order valence-corrected chi connectivity index (χ0v) is 19.5. The number of aromatic nitrogens is 1. The molecule has 182 valence electrons. The molecule has 0 bridgehead atoms. The Bertz CT molecular complexity index is 1120. The fraction of sp³-hybridized carbons (Fsp3) is 0.296. The molecule has 8 nitrogen and oxygen atoms in total. The second-order valence-electron chi connectivity index (χ2n) is 8.05. The first-order valence-electron chi connectivity index (χ1n) is 11.8. The van der Waals surface area contributed by atoms with Crippen molar-refractivity contribution >= 4 is 11.8 Å². The molecule has 2 amide bonds. The molecular weight excluding hydrogens is 446 g/mol. The van der Waals surface area contributed by atoms with Crippen LogP contribution in [0.1, 0.15) is 29.6 Å². The maximum absolute atomic E-state index is 13.5. The van der Waals surface area contributed by atoms with Gasteiger partial charge in [0.15, 0.2) is 11.5 Å². The van der Waals surface area contributed by atoms with Crippen molar-refractivity contribution in [3.8, 4) is 23.1 Å². The summed E-state index contributed by atoms with van der Waals surface area (Å²) >= 11 is 0. The van der Waals surface area contributed by atoms with E-state index in [0.717, 1.165) is 25.0 Å². The molecule has 0 saturated carbocycles. The second-order valence-corrected chi connectivity index (χ2v) is 8.05. The number of carbonyl (C=O) groups excluding carboxylic acids is 2. The Labute approximate surface area is 204 Å². The van der Waals surface area contributed by atoms with Gasteiger partial charge in [0.2, 0.25) is 11.8 Å². The number of ether oxygens (including phenoxy) is 3. The van der Waals surface area contributed by atoms with Crippen LogP contribution in [-0.2, 0) is 4.79 Å². The van der Waals surface area contributed by atoms with Crippen molar-refractivity contribution in [2.24, 2.45) is 0 Å². The molecular formula is C27H29N3O5. The summed E-state index contributed by atoms with van der Waals surface area (Å²) in [5.41, 5.74) is 0.293. The van der Waals surface area contributed by atoms with Crippen molar-refractivity contribution in [2.45, 2.75) is 19.3 Å². The van der Waals surface area contributed by atoms with Gasteiger partial charge >= 0.3 is 0 Å². The molecule has 0 fully saturated rings. The first-order chi connectivity index (χ1) is 17.2. The first-order valence-corrected chi connectivity index (χ1v) is 11.8. The minimum absolute atomic E-state index is 0.0639. The Morgan fingerprint density at radius 3 is 2.63 bits per heavy atom. The highest BCUT2D eigenvalue weighted by molar-refractivity contribution is 5.98. The average molecular weight is 476 g/mol. The van der Waals surface area contributed by atoms with E-state index in [1.807, 2.05) is 48.5 Å². The first kappa shape index (κ1) is 24.1. The third-order valence-corrected chi connectivity index (χ3v) is 5.45. The Kier molecular flexibility index (Phi) is 8.53. The van der Waals surface area contributed by atoms with Crippen LogP contribution in [0.3, 0.4) is 0 Å². The maximum Gasteiger partial charge on any atom is 0.259 e. The molecule has 0 radical (unpaired) electrons. The van der Waals surface area contributed by atoms with Gasteiger partial charge in [-0.2, -0.15) is 0 Å². The highest BCUT2D eigenvalue weighted by Crippen LogP contribution is 2.32. The quantitative estimate of drug-likeness (QED) is 0.541. The van der Waals surface area contributed by atoms with Crippen molar-refractivity contribution in [3.05, 3.63) is 78.5 Å². The Morgan fingerprint density at radius 1 is 0.971 bits per heavy atom. The van der Waals surface area contributed by atoms with E-state index in [-0.39, 0.29) is 24.2 Å². The molecule has 35 heavy (non-hydrogen) atoms. The number of amides is 2. The number of fused-ring (bicyclic) bond motifs is 2. The summed E-state index contributed by atoms with van der Waals surface area (Å²) in [7, 11) is 0. The van der Waals surface area contributed by atoms with E-state index in [9.17, 15) is 9.59 Å². The van der Waals surface area contributed by atoms with Gasteiger partial charge in [-0.3, -0.25) is 9.59 Å². The number of benzene rings is 2. The number of hydrogen-bond acceptors (Lipinski definition) is 6. The molecule has 0 aliphatic carbocycles. The summed E-state index contributed by atoms with van der Waals surface area (Å²) in [6, 6.07) is 20.1. The molecule has 1 aliphatic heterocycles. The molecule has 0 saturated heterocycles. The van der Waals surface area contributed by atoms with E-state index in [2.05, 4.69) is 10.3 Å². The molecule has 4 rings (SSSR count). The lowest BCUT2D eigenvalue weighted by Crippen LogP contribution is -2.42. The van der Waals surface area contributed by atoms with Crippen molar-refractivity contribution in [3.63, 3.8) is 0 Å². The molecule has 0 unspecified atom stereocenters. The molecule has 0 atom stereocenters. The van der Waals surface area contributed by atoms with E-state index in [1.165, 1.54) is 0 Å². The highest BCUT2D eigenvalue weighted by atomic mass is 16.5. The third-order valence-electron chi connectivity index (χ3n) is 5.45. The van der Waals surface area contributed by atoms with Crippen LogP contribution in [0, 0.1) is 0 Å². The summed E-state index contributed by atoms with van der Waals surface area (Å²) in [6.07, 6.45) is 4.00. The van der Waals surface area contributed by atoms with Gasteiger partial charge in [0.1, 0.15) is 17.9 Å². The third kappa shape index (κ3) is 6.96. The van der Waals surface area contributed by atoms with Crippen LogP contribution in [0.4, 0.5) is 0 Å². The molecule has 1 aromatic heterocycles. The molecule has 0 spiro atoms. The fourth-order valence-electron chi connectivity index (χ4n) is 3.68. The summed E-state index contributed by atoms with van der Waals surface area (Å²) in [6.45, 7) is 1.58.